The van der Waals surface area contributed by atoms with Gasteiger partial charge in [0.2, 0.25) is 6.10 Å². The molecule has 0 bridgehead atoms. The van der Waals surface area contributed by atoms with Crippen LogP contribution in [-0.4, -0.2) is 47.6 Å². The lowest BCUT2D eigenvalue weighted by Gasteiger charge is -2.28. The van der Waals surface area contributed by atoms with Crippen molar-refractivity contribution in [3.63, 3.8) is 0 Å². The predicted octanol–water partition coefficient (Wildman–Crippen LogP) is 2.08. The van der Waals surface area contributed by atoms with Gasteiger partial charge in [-0.2, -0.15) is 8.78 Å². The molecule has 1 aromatic carbocycles. The van der Waals surface area contributed by atoms with Crippen LogP contribution < -0.4 is 0 Å². The Morgan fingerprint density at radius 2 is 1.96 bits per heavy atom. The lowest BCUT2D eigenvalue weighted by molar-refractivity contribution is -0.206. The number of alkyl halides is 2. The van der Waals surface area contributed by atoms with Crippen LogP contribution in [0, 0.1) is 0 Å². The first-order valence-electron chi connectivity index (χ1n) is 6.82. The van der Waals surface area contributed by atoms with Gasteiger partial charge in [0, 0.05) is 0 Å². The molecule has 23 heavy (non-hydrogen) atoms. The fraction of sp³-hybridized carbons (Fsp3) is 0.467. The van der Waals surface area contributed by atoms with E-state index in [-0.39, 0.29) is 12.2 Å². The lowest BCUT2D eigenvalue weighted by Crippen LogP contribution is -2.52. The van der Waals surface area contributed by atoms with Crippen LogP contribution in [0.3, 0.4) is 0 Å². The van der Waals surface area contributed by atoms with Gasteiger partial charge in [-0.3, -0.25) is 0 Å². The molecule has 8 heteroatoms. The van der Waals surface area contributed by atoms with Gasteiger partial charge in [-0.1, -0.05) is 18.2 Å². The molecule has 0 saturated carbocycles. The second kappa shape index (κ2) is 6.21. The molecule has 6 nitrogen and oxygen atoms in total. The standard InChI is InChI=1S/C15H16F2O6/c1-14(2)21-8-10(23-14)11(15(16,17)13(19)20)22-12(18)9-6-4-3-5-7-9/h3-7,10-11H,8H2,1-2H3,(H,19,20). The number of carbonyl (C=O) groups excluding carboxylic acids is 1. The highest BCUT2D eigenvalue weighted by Crippen LogP contribution is 2.33. The largest absolute Gasteiger partial charge is 0.477 e. The zero-order valence-corrected chi connectivity index (χ0v) is 12.5. The fourth-order valence-electron chi connectivity index (χ4n) is 2.13. The van der Waals surface area contributed by atoms with E-state index in [0.717, 1.165) is 0 Å². The van der Waals surface area contributed by atoms with Crippen LogP contribution in [0.15, 0.2) is 30.3 Å². The molecule has 0 aromatic heterocycles. The number of benzene rings is 1. The number of aliphatic carboxylic acids is 1. The summed E-state index contributed by atoms with van der Waals surface area (Å²) in [4.78, 5) is 22.9. The van der Waals surface area contributed by atoms with Crippen molar-refractivity contribution in [2.24, 2.45) is 0 Å². The minimum absolute atomic E-state index is 0.0249. The Kier molecular flexibility index (Phi) is 4.67. The van der Waals surface area contributed by atoms with E-state index in [1.165, 1.54) is 38.1 Å². The number of halogens is 2. The van der Waals surface area contributed by atoms with Gasteiger partial charge in [0.15, 0.2) is 5.79 Å². The molecule has 1 saturated heterocycles. The maximum Gasteiger partial charge on any atom is 0.381 e. The highest BCUT2D eigenvalue weighted by molar-refractivity contribution is 5.90. The maximum absolute atomic E-state index is 14.0. The Morgan fingerprint density at radius 1 is 1.35 bits per heavy atom. The van der Waals surface area contributed by atoms with E-state index in [4.69, 9.17) is 19.3 Å². The number of carboxylic acids is 1. The average molecular weight is 330 g/mol. The van der Waals surface area contributed by atoms with Gasteiger partial charge in [-0.25, -0.2) is 9.59 Å². The molecule has 126 valence electrons. The van der Waals surface area contributed by atoms with Crippen LogP contribution in [0.2, 0.25) is 0 Å². The maximum atomic E-state index is 14.0. The van der Waals surface area contributed by atoms with Crippen molar-refractivity contribution in [1.82, 2.24) is 0 Å². The van der Waals surface area contributed by atoms with E-state index in [2.05, 4.69) is 0 Å². The molecule has 0 aliphatic carbocycles. The molecule has 1 fully saturated rings. The number of carboxylic acid groups (broad SMARTS) is 1. The fourth-order valence-corrected chi connectivity index (χ4v) is 2.13. The first-order valence-corrected chi connectivity index (χ1v) is 6.82. The Bertz CT molecular complexity index is 587. The van der Waals surface area contributed by atoms with E-state index in [0.29, 0.717) is 0 Å². The highest BCUT2D eigenvalue weighted by atomic mass is 19.3. The first-order chi connectivity index (χ1) is 10.6. The third-order valence-electron chi connectivity index (χ3n) is 3.25. The zero-order chi connectivity index (χ0) is 17.3. The van der Waals surface area contributed by atoms with Crippen molar-refractivity contribution in [1.29, 1.82) is 0 Å². The molecule has 1 heterocycles. The van der Waals surface area contributed by atoms with Crippen molar-refractivity contribution < 1.29 is 37.7 Å². The summed E-state index contributed by atoms with van der Waals surface area (Å²) in [6.45, 7) is 2.66. The summed E-state index contributed by atoms with van der Waals surface area (Å²) in [5.74, 6) is -8.96. The van der Waals surface area contributed by atoms with Gasteiger partial charge >= 0.3 is 17.9 Å². The average Bonchev–Trinajstić information content (AvgIpc) is 2.84. The molecule has 1 aromatic rings. The monoisotopic (exact) mass is 330 g/mol. The molecule has 2 rings (SSSR count). The molecule has 0 radical (unpaired) electrons. The SMILES string of the molecule is CC1(C)OCC(C(OC(=O)c2ccccc2)C(F)(F)C(=O)O)O1. The molecule has 1 aliphatic rings. The molecule has 1 aliphatic heterocycles. The molecule has 2 unspecified atom stereocenters. The van der Waals surface area contributed by atoms with Crippen LogP contribution in [0.4, 0.5) is 8.78 Å². The quantitative estimate of drug-likeness (QED) is 0.833. The topological polar surface area (TPSA) is 82.1 Å². The number of hydrogen-bond acceptors (Lipinski definition) is 5. The summed E-state index contributed by atoms with van der Waals surface area (Å²) in [6.07, 6.45) is -3.71. The smallest absolute Gasteiger partial charge is 0.381 e. The number of rotatable bonds is 5. The highest BCUT2D eigenvalue weighted by Gasteiger charge is 2.57. The Balaban J connectivity index is 2.24. The number of ether oxygens (including phenoxy) is 3. The van der Waals surface area contributed by atoms with Gasteiger partial charge in [0.1, 0.15) is 6.10 Å². The summed E-state index contributed by atoms with van der Waals surface area (Å²) in [7, 11) is 0. The molecular formula is C15H16F2O6. The summed E-state index contributed by atoms with van der Waals surface area (Å²) < 4.78 is 43.1. The van der Waals surface area contributed by atoms with E-state index in [9.17, 15) is 18.4 Å². The van der Waals surface area contributed by atoms with Gasteiger partial charge in [-0.15, -0.1) is 0 Å². The van der Waals surface area contributed by atoms with Crippen molar-refractivity contribution in [3.05, 3.63) is 35.9 Å². The third kappa shape index (κ3) is 3.83. The predicted molar refractivity (Wildman–Crippen MR) is 73.1 cm³/mol. The molecule has 0 amide bonds. The second-order valence-electron chi connectivity index (χ2n) is 5.49. The zero-order valence-electron chi connectivity index (χ0n) is 12.5. The number of esters is 1. The van der Waals surface area contributed by atoms with Gasteiger partial charge < -0.3 is 19.3 Å². The summed E-state index contributed by atoms with van der Waals surface area (Å²) in [6, 6.07) is 7.43. The van der Waals surface area contributed by atoms with Crippen molar-refractivity contribution >= 4 is 11.9 Å². The normalized spacial score (nSPS) is 21.7. The van der Waals surface area contributed by atoms with Crippen molar-refractivity contribution in [2.45, 2.75) is 37.8 Å². The van der Waals surface area contributed by atoms with Crippen LogP contribution in [0.1, 0.15) is 24.2 Å². The lowest BCUT2D eigenvalue weighted by atomic mass is 10.1. The van der Waals surface area contributed by atoms with E-state index < -0.39 is 35.9 Å². The summed E-state index contributed by atoms with van der Waals surface area (Å²) in [5, 5.41) is 8.75. The van der Waals surface area contributed by atoms with Crippen LogP contribution in [0.5, 0.6) is 0 Å². The van der Waals surface area contributed by atoms with Crippen molar-refractivity contribution in [3.8, 4) is 0 Å². The molecule has 1 N–H and O–H groups in total. The van der Waals surface area contributed by atoms with Crippen molar-refractivity contribution in [2.75, 3.05) is 6.61 Å². The first kappa shape index (κ1) is 17.3. The Morgan fingerprint density at radius 3 is 2.43 bits per heavy atom. The van der Waals surface area contributed by atoms with Gasteiger partial charge in [0.25, 0.3) is 0 Å². The van der Waals surface area contributed by atoms with Crippen LogP contribution >= 0.6 is 0 Å². The number of carbonyl (C=O) groups is 2. The number of hydrogen-bond donors (Lipinski definition) is 1. The summed E-state index contributed by atoms with van der Waals surface area (Å²) in [5.41, 5.74) is 0.0249. The molecule has 0 spiro atoms. The molecule has 2 atom stereocenters. The van der Waals surface area contributed by atoms with Crippen LogP contribution in [-0.2, 0) is 19.0 Å². The third-order valence-corrected chi connectivity index (χ3v) is 3.25. The van der Waals surface area contributed by atoms with Gasteiger partial charge in [0.05, 0.1) is 12.2 Å². The Hall–Kier alpha value is -2.06. The van der Waals surface area contributed by atoms with E-state index >= 15 is 0 Å². The second-order valence-corrected chi connectivity index (χ2v) is 5.49. The minimum atomic E-state index is -4.32. The van der Waals surface area contributed by atoms with Crippen LogP contribution in [0.25, 0.3) is 0 Å². The molecular weight excluding hydrogens is 314 g/mol. The van der Waals surface area contributed by atoms with Gasteiger partial charge in [-0.05, 0) is 26.0 Å². The Labute approximate surface area is 130 Å². The van der Waals surface area contributed by atoms with E-state index in [1.807, 2.05) is 0 Å². The van der Waals surface area contributed by atoms with E-state index in [1.54, 1.807) is 6.07 Å². The summed E-state index contributed by atoms with van der Waals surface area (Å²) >= 11 is 0. The minimum Gasteiger partial charge on any atom is -0.477 e.